The van der Waals surface area contributed by atoms with E-state index in [1.807, 2.05) is 0 Å². The molecule has 1 fully saturated rings. The van der Waals surface area contributed by atoms with Crippen LogP contribution in [0.25, 0.3) is 11.0 Å². The quantitative estimate of drug-likeness (QED) is 0.775. The second kappa shape index (κ2) is 8.48. The van der Waals surface area contributed by atoms with E-state index in [0.29, 0.717) is 12.1 Å². The van der Waals surface area contributed by atoms with Gasteiger partial charge in [0, 0.05) is 37.0 Å². The molecule has 6 nitrogen and oxygen atoms in total. The maximum absolute atomic E-state index is 13.4. The number of carbonyl (C=O) groups excluding carboxylic acids is 1. The van der Waals surface area contributed by atoms with Crippen molar-refractivity contribution in [2.24, 2.45) is 0 Å². The first kappa shape index (κ1) is 20.6. The van der Waals surface area contributed by atoms with Crippen molar-refractivity contribution in [2.45, 2.75) is 31.6 Å². The molecule has 9 heteroatoms. The third kappa shape index (κ3) is 4.30. The molecule has 1 aromatic heterocycles. The number of hydrogen-bond acceptors (Lipinski definition) is 5. The lowest BCUT2D eigenvalue weighted by Crippen LogP contribution is -2.48. The number of amides is 1. The Morgan fingerprint density at radius 1 is 1.39 bits per heavy atom. The Bertz CT molecular complexity index is 819. The Balaban J connectivity index is 1.54. The Hall–Kier alpha value is -2.13. The predicted molar refractivity (Wildman–Crippen MR) is 96.7 cm³/mol. The smallest absolute Gasteiger partial charge is 0.347 e. The number of likely N-dealkylation sites (N-methyl/N-ethyl adjacent to an activating group) is 1. The number of hydrogen-bond donors (Lipinski definition) is 1. The number of aromatic nitrogens is 1. The maximum atomic E-state index is 13.4. The van der Waals surface area contributed by atoms with Gasteiger partial charge in [0.2, 0.25) is 0 Å². The molecule has 1 aliphatic rings. The number of benzene rings is 1. The van der Waals surface area contributed by atoms with Gasteiger partial charge < -0.3 is 19.4 Å². The molecule has 1 amide bonds. The molecule has 1 aromatic carbocycles. The molecular weight excluding hydrogens is 375 g/mol. The predicted octanol–water partition coefficient (Wildman–Crippen LogP) is 2.62. The largest absolute Gasteiger partial charge is 0.390 e. The van der Waals surface area contributed by atoms with Gasteiger partial charge in [-0.2, -0.15) is 8.78 Å². The SMILES string of the molecule is CCN(CCN1CCC(c2noc3cc(F)ccc23)CC1)C(=O)C(F)(F)CO. The van der Waals surface area contributed by atoms with Crippen LogP contribution >= 0.6 is 0 Å². The number of likely N-dealkylation sites (tertiary alicyclic amines) is 1. The van der Waals surface area contributed by atoms with Crippen molar-refractivity contribution in [3.05, 3.63) is 29.7 Å². The van der Waals surface area contributed by atoms with Gasteiger partial charge in [-0.25, -0.2) is 4.39 Å². The van der Waals surface area contributed by atoms with E-state index in [4.69, 9.17) is 9.63 Å². The molecule has 1 N–H and O–H groups in total. The summed E-state index contributed by atoms with van der Waals surface area (Å²) in [5.74, 6) is -5.26. The number of fused-ring (bicyclic) bond motifs is 1. The van der Waals surface area contributed by atoms with Crippen LogP contribution in [0.1, 0.15) is 31.4 Å². The van der Waals surface area contributed by atoms with Crippen molar-refractivity contribution in [3.63, 3.8) is 0 Å². The van der Waals surface area contributed by atoms with Crippen LogP contribution in [0.2, 0.25) is 0 Å². The minimum atomic E-state index is -3.74. The van der Waals surface area contributed by atoms with E-state index in [0.717, 1.165) is 41.9 Å². The number of nitrogens with zero attached hydrogens (tertiary/aromatic N) is 3. The van der Waals surface area contributed by atoms with E-state index in [9.17, 15) is 18.0 Å². The van der Waals surface area contributed by atoms with Crippen molar-refractivity contribution in [1.29, 1.82) is 0 Å². The zero-order valence-corrected chi connectivity index (χ0v) is 15.7. The maximum Gasteiger partial charge on any atom is 0.347 e. The molecule has 0 aliphatic carbocycles. The van der Waals surface area contributed by atoms with Crippen LogP contribution in [0.3, 0.4) is 0 Å². The highest BCUT2D eigenvalue weighted by Crippen LogP contribution is 2.32. The summed E-state index contributed by atoms with van der Waals surface area (Å²) in [6, 6.07) is 4.38. The van der Waals surface area contributed by atoms with Gasteiger partial charge in [0.25, 0.3) is 5.91 Å². The number of alkyl halides is 2. The van der Waals surface area contributed by atoms with Crippen molar-refractivity contribution < 1.29 is 27.6 Å². The molecule has 154 valence electrons. The standard InChI is InChI=1S/C19H24F3N3O3/c1-2-25(18(27)19(21,22)12-26)10-9-24-7-5-13(6-8-24)17-15-4-3-14(20)11-16(15)28-23-17/h3-4,11,13,26H,2,5-10,12H2,1H3. The molecule has 0 saturated carbocycles. The zero-order chi connectivity index (χ0) is 20.3. The van der Waals surface area contributed by atoms with Gasteiger partial charge in [-0.05, 0) is 45.0 Å². The van der Waals surface area contributed by atoms with Crippen molar-refractivity contribution in [1.82, 2.24) is 15.0 Å². The molecule has 2 aromatic rings. The summed E-state index contributed by atoms with van der Waals surface area (Å²) in [4.78, 5) is 15.0. The lowest BCUT2D eigenvalue weighted by molar-refractivity contribution is -0.162. The summed E-state index contributed by atoms with van der Waals surface area (Å²) in [5, 5.41) is 13.6. The molecule has 0 spiro atoms. The van der Waals surface area contributed by atoms with Gasteiger partial charge in [0.1, 0.15) is 12.4 Å². The van der Waals surface area contributed by atoms with E-state index in [2.05, 4.69) is 10.1 Å². The molecule has 0 unspecified atom stereocenters. The van der Waals surface area contributed by atoms with Gasteiger partial charge in [0.15, 0.2) is 5.58 Å². The lowest BCUT2D eigenvalue weighted by Gasteiger charge is -2.33. The molecule has 1 saturated heterocycles. The molecule has 3 rings (SSSR count). The fraction of sp³-hybridized carbons (Fsp3) is 0.579. The first-order valence-corrected chi connectivity index (χ1v) is 9.41. The van der Waals surface area contributed by atoms with Crippen LogP contribution in [0.4, 0.5) is 13.2 Å². The number of piperidine rings is 1. The van der Waals surface area contributed by atoms with E-state index in [1.165, 1.54) is 12.1 Å². The highest BCUT2D eigenvalue weighted by molar-refractivity contribution is 5.83. The average molecular weight is 399 g/mol. The fourth-order valence-electron chi connectivity index (χ4n) is 3.62. The summed E-state index contributed by atoms with van der Waals surface area (Å²) in [5.41, 5.74) is 1.25. The summed E-state index contributed by atoms with van der Waals surface area (Å²) in [6.45, 7) is 2.46. The highest BCUT2D eigenvalue weighted by atomic mass is 19.3. The fourth-order valence-corrected chi connectivity index (χ4v) is 3.62. The number of aliphatic hydroxyl groups is 1. The van der Waals surface area contributed by atoms with Crippen LogP contribution in [0, 0.1) is 5.82 Å². The van der Waals surface area contributed by atoms with Gasteiger partial charge in [-0.3, -0.25) is 4.79 Å². The third-order valence-corrected chi connectivity index (χ3v) is 5.30. The number of halogens is 3. The van der Waals surface area contributed by atoms with Gasteiger partial charge in [0.05, 0.1) is 5.69 Å². The normalized spacial score (nSPS) is 16.6. The third-order valence-electron chi connectivity index (χ3n) is 5.30. The summed E-state index contributed by atoms with van der Waals surface area (Å²) in [7, 11) is 0. The highest BCUT2D eigenvalue weighted by Gasteiger charge is 2.41. The Morgan fingerprint density at radius 2 is 2.11 bits per heavy atom. The van der Waals surface area contributed by atoms with Crippen LogP contribution in [0.15, 0.2) is 22.7 Å². The molecule has 0 atom stereocenters. The number of rotatable bonds is 7. The van der Waals surface area contributed by atoms with Crippen LogP contribution < -0.4 is 0 Å². The summed E-state index contributed by atoms with van der Waals surface area (Å²) < 4.78 is 45.4. The monoisotopic (exact) mass is 399 g/mol. The lowest BCUT2D eigenvalue weighted by atomic mass is 9.91. The van der Waals surface area contributed by atoms with E-state index < -0.39 is 18.4 Å². The molecule has 2 heterocycles. The molecule has 1 aliphatic heterocycles. The Morgan fingerprint density at radius 3 is 2.75 bits per heavy atom. The van der Waals surface area contributed by atoms with Gasteiger partial charge in [-0.15, -0.1) is 0 Å². The molecule has 0 bridgehead atoms. The first-order chi connectivity index (χ1) is 13.4. The summed E-state index contributed by atoms with van der Waals surface area (Å²) in [6.07, 6.45) is 1.62. The minimum Gasteiger partial charge on any atom is -0.390 e. The van der Waals surface area contributed by atoms with Crippen molar-refractivity contribution >= 4 is 16.9 Å². The number of carbonyl (C=O) groups is 1. The van der Waals surface area contributed by atoms with E-state index >= 15 is 0 Å². The Kier molecular flexibility index (Phi) is 6.24. The molecule has 28 heavy (non-hydrogen) atoms. The van der Waals surface area contributed by atoms with E-state index in [-0.39, 0.29) is 24.8 Å². The molecular formula is C19H24F3N3O3. The van der Waals surface area contributed by atoms with Gasteiger partial charge >= 0.3 is 5.92 Å². The zero-order valence-electron chi connectivity index (χ0n) is 15.7. The van der Waals surface area contributed by atoms with Crippen LogP contribution in [-0.4, -0.2) is 71.2 Å². The second-order valence-electron chi connectivity index (χ2n) is 7.07. The second-order valence-corrected chi connectivity index (χ2v) is 7.07. The van der Waals surface area contributed by atoms with Crippen LogP contribution in [0.5, 0.6) is 0 Å². The number of aliphatic hydroxyl groups excluding tert-OH is 1. The topological polar surface area (TPSA) is 69.8 Å². The van der Waals surface area contributed by atoms with Crippen molar-refractivity contribution in [2.75, 3.05) is 39.3 Å². The summed E-state index contributed by atoms with van der Waals surface area (Å²) >= 11 is 0. The minimum absolute atomic E-state index is 0.159. The van der Waals surface area contributed by atoms with Crippen LogP contribution in [-0.2, 0) is 4.79 Å². The Labute approximate surface area is 160 Å². The van der Waals surface area contributed by atoms with Gasteiger partial charge in [-0.1, -0.05) is 5.16 Å². The van der Waals surface area contributed by atoms with Crippen molar-refractivity contribution in [3.8, 4) is 0 Å². The molecule has 0 radical (unpaired) electrons. The first-order valence-electron chi connectivity index (χ1n) is 9.41. The van der Waals surface area contributed by atoms with E-state index in [1.54, 1.807) is 13.0 Å². The average Bonchev–Trinajstić information content (AvgIpc) is 3.11.